The van der Waals surface area contributed by atoms with Gasteiger partial charge in [-0.2, -0.15) is 0 Å². The molecule has 2 aromatic rings. The summed E-state index contributed by atoms with van der Waals surface area (Å²) in [6.07, 6.45) is 1.70. The number of hydrogen-bond donors (Lipinski definition) is 2. The molecule has 0 fully saturated rings. The minimum atomic E-state index is -1.04. The van der Waals surface area contributed by atoms with Crippen LogP contribution in [0.5, 0.6) is 5.75 Å². The Hall–Kier alpha value is -2.34. The van der Waals surface area contributed by atoms with Gasteiger partial charge in [-0.1, -0.05) is 18.7 Å². The zero-order chi connectivity index (χ0) is 13.8. The predicted molar refractivity (Wildman–Crippen MR) is 72.9 cm³/mol. The summed E-state index contributed by atoms with van der Waals surface area (Å²) >= 11 is 1.26. The van der Waals surface area contributed by atoms with Crippen LogP contribution >= 0.6 is 11.3 Å². The Morgan fingerprint density at radius 1 is 1.53 bits per heavy atom. The summed E-state index contributed by atoms with van der Waals surface area (Å²) in [5, 5.41) is 8.53. The third kappa shape index (κ3) is 3.56. The first-order chi connectivity index (χ1) is 9.04. The molecule has 0 unspecified atom stereocenters. The number of hydrogen-bond acceptors (Lipinski definition) is 4. The maximum atomic E-state index is 11.5. The molecule has 1 heterocycles. The highest BCUT2D eigenvalue weighted by Gasteiger charge is 2.00. The molecule has 98 valence electrons. The lowest BCUT2D eigenvalue weighted by molar-refractivity contribution is -0.139. The van der Waals surface area contributed by atoms with Gasteiger partial charge in [-0.25, -0.2) is 4.79 Å². The lowest BCUT2D eigenvalue weighted by atomic mass is 10.2. The van der Waals surface area contributed by atoms with Gasteiger partial charge >= 0.3 is 5.97 Å². The van der Waals surface area contributed by atoms with Gasteiger partial charge in [-0.3, -0.25) is 4.79 Å². The van der Waals surface area contributed by atoms with Crippen LogP contribution in [-0.4, -0.2) is 22.7 Å². The van der Waals surface area contributed by atoms with Gasteiger partial charge in [-0.15, -0.1) is 11.3 Å². The third-order valence-electron chi connectivity index (χ3n) is 2.23. The maximum absolute atomic E-state index is 11.5. The van der Waals surface area contributed by atoms with Crippen molar-refractivity contribution in [3.8, 4) is 5.75 Å². The van der Waals surface area contributed by atoms with Crippen molar-refractivity contribution in [2.75, 3.05) is 6.61 Å². The van der Waals surface area contributed by atoms with E-state index in [-0.39, 0.29) is 5.56 Å². The molecule has 0 saturated heterocycles. The number of carbonyl (C=O) groups is 1. The van der Waals surface area contributed by atoms with E-state index < -0.39 is 12.6 Å². The van der Waals surface area contributed by atoms with E-state index in [1.165, 1.54) is 11.3 Å². The van der Waals surface area contributed by atoms with Crippen LogP contribution in [0.2, 0.25) is 0 Å². The highest BCUT2D eigenvalue weighted by Crippen LogP contribution is 2.13. The zero-order valence-electron chi connectivity index (χ0n) is 9.88. The fourth-order valence-electron chi connectivity index (χ4n) is 1.48. The van der Waals surface area contributed by atoms with Crippen molar-refractivity contribution in [3.63, 3.8) is 0 Å². The molecule has 0 aliphatic carbocycles. The van der Waals surface area contributed by atoms with Crippen molar-refractivity contribution in [2.45, 2.75) is 0 Å². The lowest BCUT2D eigenvalue weighted by Gasteiger charge is -2.03. The minimum Gasteiger partial charge on any atom is -0.482 e. The highest BCUT2D eigenvalue weighted by atomic mass is 32.1. The van der Waals surface area contributed by atoms with Crippen molar-refractivity contribution < 1.29 is 14.6 Å². The van der Waals surface area contributed by atoms with E-state index in [0.29, 0.717) is 14.9 Å². The van der Waals surface area contributed by atoms with Crippen LogP contribution in [0.1, 0.15) is 5.56 Å². The average molecular weight is 277 g/mol. The Balaban J connectivity index is 2.31. The largest absolute Gasteiger partial charge is 0.482 e. The molecule has 0 saturated carbocycles. The molecule has 1 aromatic carbocycles. The summed E-state index contributed by atoms with van der Waals surface area (Å²) in [6, 6.07) is 6.86. The molecule has 2 rings (SSSR count). The number of thiazole rings is 1. The van der Waals surface area contributed by atoms with Crippen molar-refractivity contribution in [1.82, 2.24) is 4.98 Å². The van der Waals surface area contributed by atoms with Gasteiger partial charge in [0.25, 0.3) is 5.56 Å². The number of carboxylic acids is 1. The van der Waals surface area contributed by atoms with Crippen LogP contribution < -0.4 is 19.5 Å². The smallest absolute Gasteiger partial charge is 0.341 e. The predicted octanol–water partition coefficient (Wildman–Crippen LogP) is 0.139. The number of benzene rings is 1. The fourth-order valence-corrected chi connectivity index (χ4v) is 2.23. The summed E-state index contributed by atoms with van der Waals surface area (Å²) in [5.74, 6) is -0.593. The molecule has 5 nitrogen and oxygen atoms in total. The average Bonchev–Trinajstić information content (AvgIpc) is 2.66. The second kappa shape index (κ2) is 5.53. The highest BCUT2D eigenvalue weighted by molar-refractivity contribution is 7.07. The third-order valence-corrected chi connectivity index (χ3v) is 3.10. The van der Waals surface area contributed by atoms with Crippen molar-refractivity contribution >= 4 is 30.0 Å². The lowest BCUT2D eigenvalue weighted by Crippen LogP contribution is -2.19. The topological polar surface area (TPSA) is 79.4 Å². The first-order valence-electron chi connectivity index (χ1n) is 5.39. The number of aromatic nitrogens is 1. The second-order valence-electron chi connectivity index (χ2n) is 3.74. The van der Waals surface area contributed by atoms with Gasteiger partial charge in [0.15, 0.2) is 6.61 Å². The van der Waals surface area contributed by atoms with E-state index in [2.05, 4.69) is 11.6 Å². The Labute approximate surface area is 112 Å². The molecule has 0 bridgehead atoms. The van der Waals surface area contributed by atoms with E-state index in [1.54, 1.807) is 30.3 Å². The molecular weight excluding hydrogens is 266 g/mol. The van der Waals surface area contributed by atoms with Gasteiger partial charge in [0.05, 0.1) is 9.20 Å². The second-order valence-corrected chi connectivity index (χ2v) is 4.88. The Kier molecular flexibility index (Phi) is 3.82. The van der Waals surface area contributed by atoms with Crippen molar-refractivity contribution in [1.29, 1.82) is 0 Å². The molecule has 0 amide bonds. The molecule has 1 aromatic heterocycles. The normalized spacial score (nSPS) is 11.5. The fraction of sp³-hybridized carbons (Fsp3) is 0.0769. The Morgan fingerprint density at radius 2 is 2.32 bits per heavy atom. The SMILES string of the molecule is C=c1[nH]c(=O)c(=Cc2cccc(OCC(=O)O)c2)s1. The van der Waals surface area contributed by atoms with Gasteiger partial charge in [-0.05, 0) is 23.8 Å². The first-order valence-corrected chi connectivity index (χ1v) is 6.21. The number of aromatic amines is 1. The first kappa shape index (κ1) is 13.1. The summed E-state index contributed by atoms with van der Waals surface area (Å²) in [7, 11) is 0. The Bertz CT molecular complexity index is 759. The standard InChI is InChI=1S/C13H11NO4S/c1-8-14-13(17)11(19-8)6-9-3-2-4-10(5-9)18-7-12(15)16/h2-6H,1,7H2,(H,14,17)(H,15,16). The Morgan fingerprint density at radius 3 is 2.95 bits per heavy atom. The van der Waals surface area contributed by atoms with Gasteiger partial charge in [0.1, 0.15) is 5.75 Å². The molecule has 0 aliphatic rings. The molecule has 6 heteroatoms. The van der Waals surface area contributed by atoms with E-state index >= 15 is 0 Å². The number of carboxylic acid groups (broad SMARTS) is 1. The van der Waals surface area contributed by atoms with E-state index in [0.717, 1.165) is 5.56 Å². The van der Waals surface area contributed by atoms with Gasteiger partial charge < -0.3 is 14.8 Å². The van der Waals surface area contributed by atoms with Crippen molar-refractivity contribution in [3.05, 3.63) is 49.4 Å². The van der Waals surface area contributed by atoms with Crippen LogP contribution in [0.15, 0.2) is 29.1 Å². The summed E-state index contributed by atoms with van der Waals surface area (Å²) in [6.45, 7) is 3.27. The van der Waals surface area contributed by atoms with Crippen LogP contribution in [0, 0.1) is 0 Å². The van der Waals surface area contributed by atoms with Crippen LogP contribution in [0.25, 0.3) is 12.7 Å². The van der Waals surface area contributed by atoms with Crippen LogP contribution in [-0.2, 0) is 4.79 Å². The van der Waals surface area contributed by atoms with Crippen LogP contribution in [0.4, 0.5) is 0 Å². The molecule has 2 N–H and O–H groups in total. The van der Waals surface area contributed by atoms with E-state index in [4.69, 9.17) is 9.84 Å². The number of ether oxygens (including phenoxy) is 1. The zero-order valence-corrected chi connectivity index (χ0v) is 10.7. The molecule has 0 atom stereocenters. The summed E-state index contributed by atoms with van der Waals surface area (Å²) in [5.41, 5.74) is 0.571. The summed E-state index contributed by atoms with van der Waals surface area (Å²) < 4.78 is 6.20. The number of rotatable bonds is 4. The van der Waals surface area contributed by atoms with E-state index in [9.17, 15) is 9.59 Å². The van der Waals surface area contributed by atoms with Gasteiger partial charge in [0, 0.05) is 0 Å². The maximum Gasteiger partial charge on any atom is 0.341 e. The molecule has 0 radical (unpaired) electrons. The quantitative estimate of drug-likeness (QED) is 0.833. The molecule has 0 aliphatic heterocycles. The monoisotopic (exact) mass is 277 g/mol. The number of aliphatic carboxylic acids is 1. The molecule has 19 heavy (non-hydrogen) atoms. The molecule has 0 spiro atoms. The van der Waals surface area contributed by atoms with E-state index in [1.807, 2.05) is 0 Å². The minimum absolute atomic E-state index is 0.188. The van der Waals surface area contributed by atoms with Crippen LogP contribution in [0.3, 0.4) is 0 Å². The summed E-state index contributed by atoms with van der Waals surface area (Å²) in [4.78, 5) is 24.5. The van der Waals surface area contributed by atoms with Crippen molar-refractivity contribution in [2.24, 2.45) is 0 Å². The number of H-pyrrole nitrogens is 1. The van der Waals surface area contributed by atoms with Gasteiger partial charge in [0.2, 0.25) is 0 Å². The number of nitrogens with one attached hydrogen (secondary N) is 1. The molecular formula is C13H11NO4S.